The zero-order valence-electron chi connectivity index (χ0n) is 19.3. The van der Waals surface area contributed by atoms with Gasteiger partial charge in [0, 0.05) is 0 Å². The van der Waals surface area contributed by atoms with Gasteiger partial charge >= 0.3 is 203 Å². The van der Waals surface area contributed by atoms with Gasteiger partial charge in [0.2, 0.25) is 0 Å². The molecule has 0 aliphatic carbocycles. The van der Waals surface area contributed by atoms with Gasteiger partial charge in [-0.1, -0.05) is 0 Å². The molecule has 0 aromatic carbocycles. The first-order valence-electron chi connectivity index (χ1n) is 9.94. The fourth-order valence-corrected chi connectivity index (χ4v) is 10.6. The number of halogens is 17. The van der Waals surface area contributed by atoms with Crippen molar-refractivity contribution in [2.75, 3.05) is 24.6 Å². The van der Waals surface area contributed by atoms with Crippen LogP contribution in [0.25, 0.3) is 0 Å². The van der Waals surface area contributed by atoms with E-state index in [4.69, 9.17) is 0 Å². The Labute approximate surface area is 204 Å². The van der Waals surface area contributed by atoms with Gasteiger partial charge in [-0.3, -0.25) is 0 Å². The standard InChI is InChI=1S/C16H20F17O3PS/c1-5-37(6-2,7-3,8-4)36-38(34,35)16(32,33)14(27,28)12(23,24)10(19,20)9(17,18)11(21,22)13(25,26)15(29,30)31/h5-8H2,1-4H3. The first kappa shape index (κ1) is 37.1. The van der Waals surface area contributed by atoms with Crippen molar-refractivity contribution in [1.82, 2.24) is 0 Å². The van der Waals surface area contributed by atoms with Crippen molar-refractivity contribution in [2.24, 2.45) is 0 Å². The van der Waals surface area contributed by atoms with E-state index in [1.54, 1.807) is 0 Å². The molecular formula is C16H20F17O3PS. The topological polar surface area (TPSA) is 43.4 Å². The predicted molar refractivity (Wildman–Crippen MR) is 99.8 cm³/mol. The number of hydrogen-bond acceptors (Lipinski definition) is 3. The Morgan fingerprint density at radius 2 is 0.711 bits per heavy atom. The first-order chi connectivity index (χ1) is 16.3. The monoisotopic (exact) mass is 646 g/mol. The second-order valence-corrected chi connectivity index (χ2v) is 16.4. The molecular weight excluding hydrogens is 626 g/mol. The van der Waals surface area contributed by atoms with Crippen molar-refractivity contribution in [2.45, 2.75) is 74.7 Å². The van der Waals surface area contributed by atoms with Crippen molar-refractivity contribution in [3.63, 3.8) is 0 Å². The summed E-state index contributed by atoms with van der Waals surface area (Å²) in [5.41, 5.74) is 0. The predicted octanol–water partition coefficient (Wildman–Crippen LogP) is 7.85. The van der Waals surface area contributed by atoms with Gasteiger partial charge in [-0.2, -0.15) is 0 Å². The molecule has 0 fully saturated rings. The Kier molecular flexibility index (Phi) is 9.40. The second-order valence-electron chi connectivity index (χ2n) is 8.11. The van der Waals surface area contributed by atoms with Crippen molar-refractivity contribution < 1.29 is 87.0 Å². The van der Waals surface area contributed by atoms with E-state index in [2.05, 4.69) is 3.97 Å². The Hall–Kier alpha value is -0.850. The maximum atomic E-state index is 14.3. The third-order valence-corrected chi connectivity index (χ3v) is 16.3. The van der Waals surface area contributed by atoms with Crippen LogP contribution in [0.3, 0.4) is 0 Å². The second kappa shape index (κ2) is 9.62. The van der Waals surface area contributed by atoms with E-state index in [-0.39, 0.29) is 0 Å². The number of hydrogen-bond donors (Lipinski definition) is 0. The molecule has 0 heterocycles. The van der Waals surface area contributed by atoms with E-state index < -0.39 is 88.6 Å². The first-order valence-corrected chi connectivity index (χ1v) is 14.2. The van der Waals surface area contributed by atoms with Crippen LogP contribution in [0.4, 0.5) is 74.6 Å². The summed E-state index contributed by atoms with van der Waals surface area (Å²) in [6, 6.07) is 0. The Balaban J connectivity index is 7.18. The van der Waals surface area contributed by atoms with Gasteiger partial charge < -0.3 is 0 Å². The van der Waals surface area contributed by atoms with Crippen LogP contribution in [0.5, 0.6) is 0 Å². The van der Waals surface area contributed by atoms with Gasteiger partial charge in [-0.25, -0.2) is 0 Å². The van der Waals surface area contributed by atoms with Gasteiger partial charge in [0.1, 0.15) is 0 Å². The zero-order chi connectivity index (χ0) is 31.5. The van der Waals surface area contributed by atoms with E-state index in [0.29, 0.717) is 0 Å². The summed E-state index contributed by atoms with van der Waals surface area (Å²) >= 11 is 0. The molecule has 232 valence electrons. The fraction of sp³-hybridized carbons (Fsp3) is 1.00. The Bertz CT molecular complexity index is 947. The molecule has 0 bridgehead atoms. The van der Waals surface area contributed by atoms with E-state index >= 15 is 0 Å². The fourth-order valence-electron chi connectivity index (χ4n) is 3.18. The van der Waals surface area contributed by atoms with Gasteiger partial charge in [0.25, 0.3) is 0 Å². The SMILES string of the molecule is CCP(CC)(CC)(CC)OS(=O)(=O)C(F)(F)C(F)(F)C(F)(F)C(F)(F)C(F)(F)C(F)(F)C(F)(F)C(F)(F)F. The molecule has 38 heavy (non-hydrogen) atoms. The molecule has 3 nitrogen and oxygen atoms in total. The van der Waals surface area contributed by atoms with Crippen LogP contribution in [0, 0.1) is 0 Å². The molecule has 0 rings (SSSR count). The van der Waals surface area contributed by atoms with Gasteiger partial charge in [-0.15, -0.1) is 0 Å². The summed E-state index contributed by atoms with van der Waals surface area (Å²) in [4.78, 5) is 0. The summed E-state index contributed by atoms with van der Waals surface area (Å²) in [5.74, 6) is -51.8. The van der Waals surface area contributed by atoms with Crippen molar-refractivity contribution >= 4 is 16.9 Å². The summed E-state index contributed by atoms with van der Waals surface area (Å²) in [6.45, 7) is -0.299. The van der Waals surface area contributed by atoms with Crippen LogP contribution < -0.4 is 0 Å². The summed E-state index contributed by atoms with van der Waals surface area (Å²) < 4.78 is 256. The molecule has 0 aromatic heterocycles. The molecule has 0 saturated carbocycles. The van der Waals surface area contributed by atoms with Crippen LogP contribution >= 0.6 is 6.83 Å². The van der Waals surface area contributed by atoms with Gasteiger partial charge in [0.05, 0.1) is 0 Å². The minimum atomic E-state index is -8.86. The van der Waals surface area contributed by atoms with Crippen molar-refractivity contribution in [3.05, 3.63) is 0 Å². The number of rotatable bonds is 13. The van der Waals surface area contributed by atoms with Crippen LogP contribution in [-0.2, 0) is 14.1 Å². The third kappa shape index (κ3) is 4.62. The average molecular weight is 646 g/mol. The molecule has 0 atom stereocenters. The molecule has 0 aliphatic rings. The Morgan fingerprint density at radius 3 is 0.947 bits per heavy atom. The average Bonchev–Trinajstić information content (AvgIpc) is 2.76. The van der Waals surface area contributed by atoms with Crippen LogP contribution in [0.1, 0.15) is 27.7 Å². The van der Waals surface area contributed by atoms with Crippen molar-refractivity contribution in [1.29, 1.82) is 0 Å². The third-order valence-electron chi connectivity index (χ3n) is 6.52. The molecule has 22 heteroatoms. The molecule has 0 N–H and O–H groups in total. The molecule has 0 spiro atoms. The minimum absolute atomic E-state index is 0.528. The number of alkyl halides is 17. The van der Waals surface area contributed by atoms with Gasteiger partial charge in [-0.05, 0) is 0 Å². The van der Waals surface area contributed by atoms with Crippen LogP contribution in [0.2, 0.25) is 0 Å². The van der Waals surface area contributed by atoms with Crippen LogP contribution in [0.15, 0.2) is 0 Å². The Morgan fingerprint density at radius 1 is 0.474 bits per heavy atom. The van der Waals surface area contributed by atoms with Crippen molar-refractivity contribution in [3.8, 4) is 0 Å². The molecule has 0 unspecified atom stereocenters. The van der Waals surface area contributed by atoms with E-state index in [1.807, 2.05) is 0 Å². The van der Waals surface area contributed by atoms with Gasteiger partial charge in [0.15, 0.2) is 0 Å². The zero-order valence-corrected chi connectivity index (χ0v) is 21.0. The quantitative estimate of drug-likeness (QED) is 0.151. The van der Waals surface area contributed by atoms with E-state index in [9.17, 15) is 83.1 Å². The molecule has 0 aromatic rings. The molecule has 0 saturated heterocycles. The van der Waals surface area contributed by atoms with E-state index in [1.165, 1.54) is 0 Å². The van der Waals surface area contributed by atoms with E-state index in [0.717, 1.165) is 27.7 Å². The summed E-state index contributed by atoms with van der Waals surface area (Å²) in [6.07, 6.45) is -9.99. The van der Waals surface area contributed by atoms with Crippen LogP contribution in [-0.4, -0.2) is 80.0 Å². The summed E-state index contributed by atoms with van der Waals surface area (Å²) in [7, 11) is -7.56. The molecule has 0 aliphatic heterocycles. The maximum absolute atomic E-state index is 14.3. The normalized spacial score (nSPS) is 17.3. The molecule has 0 radical (unpaired) electrons. The molecule has 0 amide bonds. The summed E-state index contributed by atoms with van der Waals surface area (Å²) in [5, 5.41) is -7.65.